The molecule has 3 aromatic carbocycles. The van der Waals surface area contributed by atoms with Gasteiger partial charge >= 0.3 is 5.97 Å². The number of nitrogens with one attached hydrogen (secondary N) is 1. The summed E-state index contributed by atoms with van der Waals surface area (Å²) in [5, 5.41) is 12.0. The van der Waals surface area contributed by atoms with Gasteiger partial charge in [0.1, 0.15) is 24.2 Å². The summed E-state index contributed by atoms with van der Waals surface area (Å²) < 4.78 is 19.0. The molecule has 30 heavy (non-hydrogen) atoms. The quantitative estimate of drug-likeness (QED) is 0.566. The van der Waals surface area contributed by atoms with Gasteiger partial charge in [0.25, 0.3) is 0 Å². The Bertz CT molecular complexity index is 990. The van der Waals surface area contributed by atoms with E-state index in [1.165, 1.54) is 18.2 Å². The minimum absolute atomic E-state index is 0.0895. The van der Waals surface area contributed by atoms with Crippen LogP contribution in [0.2, 0.25) is 0 Å². The van der Waals surface area contributed by atoms with Crippen molar-refractivity contribution in [3.05, 3.63) is 101 Å². The van der Waals surface area contributed by atoms with Crippen molar-refractivity contribution >= 4 is 11.9 Å². The molecule has 0 saturated carbocycles. The molecule has 1 atom stereocenters. The Morgan fingerprint density at radius 3 is 2.27 bits per heavy atom. The van der Waals surface area contributed by atoms with Gasteiger partial charge in [-0.3, -0.25) is 4.79 Å². The van der Waals surface area contributed by atoms with Gasteiger partial charge in [-0.05, 0) is 41.0 Å². The molecule has 0 spiro atoms. The van der Waals surface area contributed by atoms with Gasteiger partial charge in [-0.1, -0.05) is 54.6 Å². The monoisotopic (exact) mass is 407 g/mol. The number of ether oxygens (including phenoxy) is 1. The highest BCUT2D eigenvalue weighted by Gasteiger charge is 2.20. The third-order valence-electron chi connectivity index (χ3n) is 4.50. The standard InChI is InChI=1S/C24H22FNO4/c25-20-8-4-7-19(13-20)15-23(27)26-22(24(28)29)14-17-9-11-21(12-10-17)30-16-18-5-2-1-3-6-18/h1-13,22H,14-16H2,(H,26,27)(H,28,29)/t22-/m1/s1. The molecule has 0 fully saturated rings. The molecule has 0 aromatic heterocycles. The average Bonchev–Trinajstić information content (AvgIpc) is 2.73. The summed E-state index contributed by atoms with van der Waals surface area (Å²) in [6, 6.07) is 21.4. The molecule has 154 valence electrons. The van der Waals surface area contributed by atoms with E-state index in [0.29, 0.717) is 17.9 Å². The van der Waals surface area contributed by atoms with Crippen LogP contribution in [0.4, 0.5) is 4.39 Å². The summed E-state index contributed by atoms with van der Waals surface area (Å²) in [7, 11) is 0. The van der Waals surface area contributed by atoms with Crippen LogP contribution < -0.4 is 10.1 Å². The fourth-order valence-electron chi connectivity index (χ4n) is 2.98. The maximum Gasteiger partial charge on any atom is 0.326 e. The van der Waals surface area contributed by atoms with Crippen LogP contribution in [0.15, 0.2) is 78.9 Å². The van der Waals surface area contributed by atoms with Gasteiger partial charge in [0.2, 0.25) is 5.91 Å². The van der Waals surface area contributed by atoms with E-state index in [2.05, 4.69) is 5.32 Å². The van der Waals surface area contributed by atoms with Crippen molar-refractivity contribution in [1.82, 2.24) is 5.32 Å². The first-order valence-corrected chi connectivity index (χ1v) is 9.52. The zero-order valence-electron chi connectivity index (χ0n) is 16.3. The maximum atomic E-state index is 13.2. The Kier molecular flexibility index (Phi) is 7.16. The van der Waals surface area contributed by atoms with Crippen LogP contribution in [0.1, 0.15) is 16.7 Å². The molecule has 0 bridgehead atoms. The summed E-state index contributed by atoms with van der Waals surface area (Å²) in [6.07, 6.45) is 0.0387. The number of carboxylic acid groups (broad SMARTS) is 1. The zero-order chi connectivity index (χ0) is 21.3. The van der Waals surface area contributed by atoms with E-state index in [0.717, 1.165) is 11.1 Å². The number of aliphatic carboxylic acids is 1. The second-order valence-corrected chi connectivity index (χ2v) is 6.89. The zero-order valence-corrected chi connectivity index (χ0v) is 16.3. The number of carbonyl (C=O) groups excluding carboxylic acids is 1. The molecule has 6 heteroatoms. The third kappa shape index (κ3) is 6.44. The fourth-order valence-corrected chi connectivity index (χ4v) is 2.98. The molecule has 0 aliphatic heterocycles. The fraction of sp³-hybridized carbons (Fsp3) is 0.167. The Labute approximate surface area is 174 Å². The second-order valence-electron chi connectivity index (χ2n) is 6.89. The molecule has 3 aromatic rings. The molecule has 5 nitrogen and oxygen atoms in total. The molecule has 0 heterocycles. The van der Waals surface area contributed by atoms with Crippen LogP contribution in [-0.4, -0.2) is 23.0 Å². The van der Waals surface area contributed by atoms with Crippen molar-refractivity contribution < 1.29 is 23.8 Å². The van der Waals surface area contributed by atoms with Crippen molar-refractivity contribution in [3.63, 3.8) is 0 Å². The normalized spacial score (nSPS) is 11.5. The molecule has 0 aliphatic rings. The van der Waals surface area contributed by atoms with E-state index < -0.39 is 23.7 Å². The molecule has 1 amide bonds. The average molecular weight is 407 g/mol. The van der Waals surface area contributed by atoms with E-state index in [1.807, 2.05) is 30.3 Å². The second kappa shape index (κ2) is 10.2. The number of hydrogen-bond donors (Lipinski definition) is 2. The maximum absolute atomic E-state index is 13.2. The third-order valence-corrected chi connectivity index (χ3v) is 4.50. The minimum Gasteiger partial charge on any atom is -0.489 e. The first kappa shape index (κ1) is 21.0. The van der Waals surface area contributed by atoms with Crippen LogP contribution in [0.5, 0.6) is 5.75 Å². The lowest BCUT2D eigenvalue weighted by Gasteiger charge is -2.15. The van der Waals surface area contributed by atoms with E-state index in [4.69, 9.17) is 4.74 Å². The molecule has 0 saturated heterocycles. The lowest BCUT2D eigenvalue weighted by Crippen LogP contribution is -2.43. The van der Waals surface area contributed by atoms with Crippen LogP contribution >= 0.6 is 0 Å². The van der Waals surface area contributed by atoms with E-state index in [1.54, 1.807) is 30.3 Å². The number of carboxylic acids is 1. The lowest BCUT2D eigenvalue weighted by molar-refractivity contribution is -0.141. The van der Waals surface area contributed by atoms with Gasteiger partial charge < -0.3 is 15.2 Å². The van der Waals surface area contributed by atoms with Gasteiger partial charge in [-0.15, -0.1) is 0 Å². The Morgan fingerprint density at radius 2 is 1.60 bits per heavy atom. The van der Waals surface area contributed by atoms with Crippen molar-refractivity contribution in [3.8, 4) is 5.75 Å². The van der Waals surface area contributed by atoms with Crippen molar-refractivity contribution in [1.29, 1.82) is 0 Å². The summed E-state index contributed by atoms with van der Waals surface area (Å²) in [5.74, 6) is -1.38. The van der Waals surface area contributed by atoms with Gasteiger partial charge in [-0.2, -0.15) is 0 Å². The number of halogens is 1. The Morgan fingerprint density at radius 1 is 0.900 bits per heavy atom. The van der Waals surface area contributed by atoms with Gasteiger partial charge in [0.15, 0.2) is 0 Å². The summed E-state index contributed by atoms with van der Waals surface area (Å²) in [4.78, 5) is 23.8. The molecular formula is C24H22FNO4. The summed E-state index contributed by atoms with van der Waals surface area (Å²) >= 11 is 0. The van der Waals surface area contributed by atoms with E-state index in [9.17, 15) is 19.1 Å². The number of benzene rings is 3. The smallest absolute Gasteiger partial charge is 0.326 e. The Hall–Kier alpha value is -3.67. The van der Waals surface area contributed by atoms with Gasteiger partial charge in [0.05, 0.1) is 6.42 Å². The highest BCUT2D eigenvalue weighted by molar-refractivity contribution is 5.85. The Balaban J connectivity index is 1.55. The van der Waals surface area contributed by atoms with Crippen molar-refractivity contribution in [2.24, 2.45) is 0 Å². The van der Waals surface area contributed by atoms with Crippen LogP contribution in [0.3, 0.4) is 0 Å². The number of hydrogen-bond acceptors (Lipinski definition) is 3. The van der Waals surface area contributed by atoms with Crippen LogP contribution in [0.25, 0.3) is 0 Å². The van der Waals surface area contributed by atoms with E-state index in [-0.39, 0.29) is 12.8 Å². The highest BCUT2D eigenvalue weighted by atomic mass is 19.1. The molecule has 0 radical (unpaired) electrons. The number of carbonyl (C=O) groups is 2. The molecule has 0 unspecified atom stereocenters. The first-order valence-electron chi connectivity index (χ1n) is 9.52. The van der Waals surface area contributed by atoms with Crippen molar-refractivity contribution in [2.45, 2.75) is 25.5 Å². The molecule has 3 rings (SSSR count). The number of rotatable bonds is 9. The predicted molar refractivity (Wildman–Crippen MR) is 111 cm³/mol. The van der Waals surface area contributed by atoms with Crippen LogP contribution in [-0.2, 0) is 29.0 Å². The lowest BCUT2D eigenvalue weighted by atomic mass is 10.0. The number of amides is 1. The molecule has 0 aliphatic carbocycles. The summed E-state index contributed by atoms with van der Waals surface area (Å²) in [5.41, 5.74) is 2.28. The first-order chi connectivity index (χ1) is 14.5. The minimum atomic E-state index is -1.13. The van der Waals surface area contributed by atoms with Gasteiger partial charge in [0, 0.05) is 6.42 Å². The largest absolute Gasteiger partial charge is 0.489 e. The van der Waals surface area contributed by atoms with Crippen LogP contribution in [0, 0.1) is 5.82 Å². The molecule has 2 N–H and O–H groups in total. The van der Waals surface area contributed by atoms with Gasteiger partial charge in [-0.25, -0.2) is 9.18 Å². The SMILES string of the molecule is O=C(Cc1cccc(F)c1)N[C@H](Cc1ccc(OCc2ccccc2)cc1)C(=O)O. The van der Waals surface area contributed by atoms with Crippen molar-refractivity contribution in [2.75, 3.05) is 0 Å². The topological polar surface area (TPSA) is 75.6 Å². The molecular weight excluding hydrogens is 385 g/mol. The predicted octanol–water partition coefficient (Wildman–Crippen LogP) is 3.76. The summed E-state index contributed by atoms with van der Waals surface area (Å²) in [6.45, 7) is 0.439. The van der Waals surface area contributed by atoms with E-state index >= 15 is 0 Å². The highest BCUT2D eigenvalue weighted by Crippen LogP contribution is 2.15.